The molecule has 0 unspecified atom stereocenters. The Hall–Kier alpha value is -1.92. The van der Waals surface area contributed by atoms with Gasteiger partial charge in [-0.1, -0.05) is 0 Å². The van der Waals surface area contributed by atoms with Crippen LogP contribution < -0.4 is 0 Å². The van der Waals surface area contributed by atoms with Gasteiger partial charge in [-0.05, 0) is 51.2 Å². The number of hydrogen-bond acceptors (Lipinski definition) is 4. The fraction of sp³-hybridized carbons (Fsp3) is 0.500. The van der Waals surface area contributed by atoms with Crippen molar-refractivity contribution >= 4 is 16.9 Å². The molecule has 5 nitrogen and oxygen atoms in total. The summed E-state index contributed by atoms with van der Waals surface area (Å²) in [5.41, 5.74) is 0.518. The summed E-state index contributed by atoms with van der Waals surface area (Å²) in [6.45, 7) is 2.66. The second-order valence-corrected chi connectivity index (χ2v) is 6.48. The van der Waals surface area contributed by atoms with Gasteiger partial charge in [-0.3, -0.25) is 4.79 Å². The van der Waals surface area contributed by atoms with E-state index in [4.69, 9.17) is 9.15 Å². The lowest BCUT2D eigenvalue weighted by molar-refractivity contribution is 0.0490. The first-order valence-electron chi connectivity index (χ1n) is 8.27. The number of hydrogen-bond donors (Lipinski definition) is 0. The van der Waals surface area contributed by atoms with Crippen molar-refractivity contribution in [3.05, 3.63) is 35.8 Å². The van der Waals surface area contributed by atoms with Crippen LogP contribution in [0.15, 0.2) is 28.7 Å². The van der Waals surface area contributed by atoms with Gasteiger partial charge in [-0.2, -0.15) is 0 Å². The average molecular weight is 334 g/mol. The Bertz CT molecular complexity index is 707. The van der Waals surface area contributed by atoms with E-state index >= 15 is 0 Å². The fourth-order valence-corrected chi connectivity index (χ4v) is 2.91. The minimum Gasteiger partial charge on any atom is -0.451 e. The van der Waals surface area contributed by atoms with Gasteiger partial charge < -0.3 is 19.0 Å². The van der Waals surface area contributed by atoms with Crippen LogP contribution >= 0.6 is 0 Å². The minimum absolute atomic E-state index is 0.0814. The number of rotatable bonds is 6. The summed E-state index contributed by atoms with van der Waals surface area (Å²) >= 11 is 0. The minimum atomic E-state index is -0.342. The standard InChI is InChI=1S/C18H23FN2O3/c1-20(2)7-8-21(12-15-4-3-9-23-15)18(22)17-11-13-10-14(19)5-6-16(13)24-17/h5-6,10-11,15H,3-4,7-9,12H2,1-2H3/t15-/m1/s1. The highest BCUT2D eigenvalue weighted by molar-refractivity contribution is 5.96. The third-order valence-electron chi connectivity index (χ3n) is 4.24. The largest absolute Gasteiger partial charge is 0.451 e. The highest BCUT2D eigenvalue weighted by Crippen LogP contribution is 2.22. The molecular formula is C18H23FN2O3. The normalized spacial score (nSPS) is 17.8. The van der Waals surface area contributed by atoms with Crippen LogP contribution in [0.4, 0.5) is 4.39 Å². The first-order chi connectivity index (χ1) is 11.5. The Balaban J connectivity index is 1.79. The highest BCUT2D eigenvalue weighted by atomic mass is 19.1. The van der Waals surface area contributed by atoms with Crippen molar-refractivity contribution in [3.8, 4) is 0 Å². The summed E-state index contributed by atoms with van der Waals surface area (Å²) in [5, 5.41) is 0.600. The maximum absolute atomic E-state index is 13.3. The Morgan fingerprint density at radius 3 is 2.83 bits per heavy atom. The zero-order valence-corrected chi connectivity index (χ0v) is 14.1. The van der Waals surface area contributed by atoms with Gasteiger partial charge in [0.2, 0.25) is 0 Å². The predicted octanol–water partition coefficient (Wildman–Crippen LogP) is 2.75. The number of nitrogens with zero attached hydrogens (tertiary/aromatic N) is 2. The molecule has 6 heteroatoms. The van der Waals surface area contributed by atoms with Gasteiger partial charge >= 0.3 is 0 Å². The smallest absolute Gasteiger partial charge is 0.289 e. The Morgan fingerprint density at radius 2 is 2.12 bits per heavy atom. The molecule has 3 rings (SSSR count). The van der Waals surface area contributed by atoms with Gasteiger partial charge in [-0.15, -0.1) is 0 Å². The summed E-state index contributed by atoms with van der Waals surface area (Å²) in [4.78, 5) is 16.7. The molecule has 1 aliphatic heterocycles. The van der Waals surface area contributed by atoms with Crippen molar-refractivity contribution in [1.82, 2.24) is 9.80 Å². The van der Waals surface area contributed by atoms with Crippen LogP contribution in [-0.4, -0.2) is 62.1 Å². The van der Waals surface area contributed by atoms with Gasteiger partial charge in [0, 0.05) is 31.6 Å². The molecule has 1 fully saturated rings. The number of furan rings is 1. The van der Waals surface area contributed by atoms with Crippen molar-refractivity contribution < 1.29 is 18.3 Å². The third-order valence-corrected chi connectivity index (χ3v) is 4.24. The summed E-state index contributed by atoms with van der Waals surface area (Å²) in [6.07, 6.45) is 2.08. The molecule has 0 spiro atoms. The van der Waals surface area contributed by atoms with Crippen molar-refractivity contribution in [1.29, 1.82) is 0 Å². The number of benzene rings is 1. The second-order valence-electron chi connectivity index (χ2n) is 6.48. The summed E-state index contributed by atoms with van der Waals surface area (Å²) in [5.74, 6) is -0.276. The van der Waals surface area contributed by atoms with Crippen LogP contribution in [0.25, 0.3) is 11.0 Å². The van der Waals surface area contributed by atoms with E-state index in [9.17, 15) is 9.18 Å². The number of carbonyl (C=O) groups excluding carboxylic acids is 1. The van der Waals surface area contributed by atoms with Gasteiger partial charge in [-0.25, -0.2) is 4.39 Å². The predicted molar refractivity (Wildman–Crippen MR) is 89.6 cm³/mol. The highest BCUT2D eigenvalue weighted by Gasteiger charge is 2.25. The molecule has 2 aromatic rings. The maximum atomic E-state index is 13.3. The lowest BCUT2D eigenvalue weighted by Crippen LogP contribution is -2.41. The summed E-state index contributed by atoms with van der Waals surface area (Å²) in [6, 6.07) is 5.86. The van der Waals surface area contributed by atoms with Crippen molar-refractivity contribution in [2.75, 3.05) is 40.3 Å². The number of likely N-dealkylation sites (N-methyl/N-ethyl adjacent to an activating group) is 1. The zero-order chi connectivity index (χ0) is 17.1. The van der Waals surface area contributed by atoms with E-state index in [2.05, 4.69) is 0 Å². The molecule has 0 saturated carbocycles. The van der Waals surface area contributed by atoms with Crippen LogP contribution in [0.1, 0.15) is 23.4 Å². The number of halogens is 1. The van der Waals surface area contributed by atoms with Gasteiger partial charge in [0.25, 0.3) is 5.91 Å². The Morgan fingerprint density at radius 1 is 1.29 bits per heavy atom. The van der Waals surface area contributed by atoms with Crippen LogP contribution in [-0.2, 0) is 4.74 Å². The van der Waals surface area contributed by atoms with E-state index in [0.29, 0.717) is 24.1 Å². The third kappa shape index (κ3) is 3.94. The fourth-order valence-electron chi connectivity index (χ4n) is 2.91. The molecule has 0 radical (unpaired) electrons. The number of carbonyl (C=O) groups is 1. The van der Waals surface area contributed by atoms with Crippen molar-refractivity contribution in [3.63, 3.8) is 0 Å². The van der Waals surface area contributed by atoms with E-state index in [1.165, 1.54) is 12.1 Å². The lowest BCUT2D eigenvalue weighted by Gasteiger charge is -2.26. The molecule has 1 aliphatic rings. The SMILES string of the molecule is CN(C)CCN(C[C@H]1CCCO1)C(=O)c1cc2cc(F)ccc2o1. The van der Waals surface area contributed by atoms with E-state index in [1.54, 1.807) is 17.0 Å². The molecule has 0 bridgehead atoms. The first-order valence-corrected chi connectivity index (χ1v) is 8.27. The molecular weight excluding hydrogens is 311 g/mol. The van der Waals surface area contributed by atoms with Crippen LogP contribution in [0, 0.1) is 5.82 Å². The quantitative estimate of drug-likeness (QED) is 0.815. The van der Waals surface area contributed by atoms with Crippen molar-refractivity contribution in [2.24, 2.45) is 0 Å². The van der Waals surface area contributed by atoms with Gasteiger partial charge in [0.1, 0.15) is 11.4 Å². The number of fused-ring (bicyclic) bond motifs is 1. The van der Waals surface area contributed by atoms with Crippen LogP contribution in [0.2, 0.25) is 0 Å². The number of ether oxygens (including phenoxy) is 1. The molecule has 1 aromatic carbocycles. The van der Waals surface area contributed by atoms with E-state index in [1.807, 2.05) is 19.0 Å². The van der Waals surface area contributed by atoms with E-state index in [-0.39, 0.29) is 23.6 Å². The molecule has 0 N–H and O–H groups in total. The summed E-state index contributed by atoms with van der Waals surface area (Å²) in [7, 11) is 3.94. The molecule has 1 aromatic heterocycles. The van der Waals surface area contributed by atoms with Gasteiger partial charge in [0.05, 0.1) is 6.10 Å². The first kappa shape index (κ1) is 16.9. The molecule has 130 valence electrons. The van der Waals surface area contributed by atoms with E-state index in [0.717, 1.165) is 26.0 Å². The molecule has 1 amide bonds. The molecule has 2 heterocycles. The molecule has 1 atom stereocenters. The topological polar surface area (TPSA) is 45.9 Å². The van der Waals surface area contributed by atoms with Crippen LogP contribution in [0.3, 0.4) is 0 Å². The van der Waals surface area contributed by atoms with Gasteiger partial charge in [0.15, 0.2) is 5.76 Å². The maximum Gasteiger partial charge on any atom is 0.289 e. The average Bonchev–Trinajstić information content (AvgIpc) is 3.19. The Labute approximate surface area is 141 Å². The summed E-state index contributed by atoms with van der Waals surface area (Å²) < 4.78 is 24.6. The van der Waals surface area contributed by atoms with E-state index < -0.39 is 0 Å². The second kappa shape index (κ2) is 7.32. The van der Waals surface area contributed by atoms with Crippen LogP contribution in [0.5, 0.6) is 0 Å². The molecule has 0 aliphatic carbocycles. The zero-order valence-electron chi connectivity index (χ0n) is 14.1. The monoisotopic (exact) mass is 334 g/mol. The molecule has 1 saturated heterocycles. The molecule has 24 heavy (non-hydrogen) atoms. The Kier molecular flexibility index (Phi) is 5.16. The number of amides is 1. The van der Waals surface area contributed by atoms with Crippen molar-refractivity contribution in [2.45, 2.75) is 18.9 Å². The lowest BCUT2D eigenvalue weighted by atomic mass is 10.2.